The molecule has 0 saturated carbocycles. The molecule has 0 amide bonds. The third kappa shape index (κ3) is 6.81. The summed E-state index contributed by atoms with van der Waals surface area (Å²) in [7, 11) is 8.09. The van der Waals surface area contributed by atoms with E-state index in [4.69, 9.17) is 37.9 Å². The molecule has 2 aromatic carbocycles. The van der Waals surface area contributed by atoms with Crippen molar-refractivity contribution in [1.29, 1.82) is 0 Å². The van der Waals surface area contributed by atoms with Gasteiger partial charge in [0.15, 0.2) is 0 Å². The fourth-order valence-electron chi connectivity index (χ4n) is 3.19. The van der Waals surface area contributed by atoms with E-state index in [1.165, 1.54) is 73.8 Å². The number of esters is 4. The first-order valence-corrected chi connectivity index (χ1v) is 10.7. The van der Waals surface area contributed by atoms with E-state index in [0.29, 0.717) is 11.5 Å². The second kappa shape index (κ2) is 13.0. The number of hydrogen-bond donors (Lipinski definition) is 0. The van der Waals surface area contributed by atoms with Gasteiger partial charge in [-0.2, -0.15) is 0 Å². The maximum absolute atomic E-state index is 12.7. The Morgan fingerprint density at radius 3 is 1.27 bits per heavy atom. The summed E-state index contributed by atoms with van der Waals surface area (Å²) < 4.78 is 40.8. The Hall–Kier alpha value is -4.48. The molecule has 37 heavy (non-hydrogen) atoms. The molecule has 0 radical (unpaired) electrons. The van der Waals surface area contributed by atoms with Crippen molar-refractivity contribution < 1.29 is 57.1 Å². The Kier molecular flexibility index (Phi) is 10.1. The molecule has 200 valence electrons. The minimum Gasteiger partial charge on any atom is -0.496 e. The highest BCUT2D eigenvalue weighted by Crippen LogP contribution is 2.36. The molecule has 0 aliphatic heterocycles. The Balaban J connectivity index is 2.12. The molecule has 0 saturated heterocycles. The second-order valence-corrected chi connectivity index (χ2v) is 7.39. The van der Waals surface area contributed by atoms with Gasteiger partial charge in [-0.1, -0.05) is 6.92 Å². The van der Waals surface area contributed by atoms with Crippen LogP contribution in [0, 0.1) is 5.92 Å². The van der Waals surface area contributed by atoms with E-state index in [1.807, 2.05) is 0 Å². The summed E-state index contributed by atoms with van der Waals surface area (Å²) in [5.74, 6) is -4.44. The highest BCUT2D eigenvalue weighted by Gasteiger charge is 2.29. The standard InChI is InChI=1S/C25H28O12/c1-13(23(27)37-25(29)22-18(34-6)11-15(31-3)12-19(22)35-7)8-20(26)36-24(28)21-16(32-4)9-14(30-2)10-17(21)33-5/h9-13H,8H2,1-7H3. The SMILES string of the molecule is COc1cc(OC)c(C(=O)OC(=O)CC(C)C(=O)OC(=O)c2c(OC)cc(OC)cc2OC)c(OC)c1. The van der Waals surface area contributed by atoms with Crippen molar-refractivity contribution in [2.75, 3.05) is 42.7 Å². The summed E-state index contributed by atoms with van der Waals surface area (Å²) in [5, 5.41) is 0. The maximum Gasteiger partial charge on any atom is 0.353 e. The largest absolute Gasteiger partial charge is 0.496 e. The molecule has 0 fully saturated rings. The third-order valence-corrected chi connectivity index (χ3v) is 5.11. The van der Waals surface area contributed by atoms with Gasteiger partial charge in [0.05, 0.1) is 55.0 Å². The molecule has 0 heterocycles. The van der Waals surface area contributed by atoms with Gasteiger partial charge in [0.2, 0.25) is 0 Å². The smallest absolute Gasteiger partial charge is 0.353 e. The van der Waals surface area contributed by atoms with Crippen molar-refractivity contribution in [3.05, 3.63) is 35.4 Å². The number of benzene rings is 2. The van der Waals surface area contributed by atoms with Gasteiger partial charge in [0.25, 0.3) is 0 Å². The van der Waals surface area contributed by atoms with E-state index >= 15 is 0 Å². The first-order chi connectivity index (χ1) is 17.6. The second-order valence-electron chi connectivity index (χ2n) is 7.39. The van der Waals surface area contributed by atoms with Crippen LogP contribution in [0.4, 0.5) is 0 Å². The quantitative estimate of drug-likeness (QED) is 0.317. The minimum absolute atomic E-state index is 0.0500. The Bertz CT molecular complexity index is 1120. The molecule has 1 unspecified atom stereocenters. The van der Waals surface area contributed by atoms with Crippen LogP contribution in [-0.2, 0) is 19.1 Å². The van der Waals surface area contributed by atoms with Gasteiger partial charge in [-0.05, 0) is 0 Å². The lowest BCUT2D eigenvalue weighted by Gasteiger charge is -2.15. The van der Waals surface area contributed by atoms with Gasteiger partial charge in [-0.3, -0.25) is 9.59 Å². The van der Waals surface area contributed by atoms with Crippen LogP contribution in [0.3, 0.4) is 0 Å². The molecule has 12 heteroatoms. The highest BCUT2D eigenvalue weighted by molar-refractivity contribution is 6.03. The number of carbonyl (C=O) groups is 4. The molecule has 1 atom stereocenters. The van der Waals surface area contributed by atoms with Crippen LogP contribution >= 0.6 is 0 Å². The van der Waals surface area contributed by atoms with Gasteiger partial charge >= 0.3 is 23.9 Å². The molecule has 12 nitrogen and oxygen atoms in total. The number of rotatable bonds is 11. The van der Waals surface area contributed by atoms with Crippen molar-refractivity contribution in [2.45, 2.75) is 13.3 Å². The molecule has 0 spiro atoms. The summed E-state index contributed by atoms with van der Waals surface area (Å²) in [6.07, 6.45) is -0.560. The van der Waals surface area contributed by atoms with E-state index in [0.717, 1.165) is 0 Å². The predicted molar refractivity (Wildman–Crippen MR) is 127 cm³/mol. The zero-order chi connectivity index (χ0) is 27.7. The Labute approximate surface area is 213 Å². The molecule has 0 N–H and O–H groups in total. The van der Waals surface area contributed by atoms with Crippen LogP contribution in [0.1, 0.15) is 34.1 Å². The van der Waals surface area contributed by atoms with Crippen molar-refractivity contribution >= 4 is 23.9 Å². The summed E-state index contributed by atoms with van der Waals surface area (Å²) in [4.78, 5) is 50.3. The highest BCUT2D eigenvalue weighted by atomic mass is 16.6. The number of carbonyl (C=O) groups excluding carboxylic acids is 4. The molecular weight excluding hydrogens is 492 g/mol. The first kappa shape index (κ1) is 28.8. The number of hydrogen-bond acceptors (Lipinski definition) is 12. The number of ether oxygens (including phenoxy) is 8. The lowest BCUT2D eigenvalue weighted by Crippen LogP contribution is -2.24. The first-order valence-electron chi connectivity index (χ1n) is 10.7. The lowest BCUT2D eigenvalue weighted by molar-refractivity contribution is -0.148. The summed E-state index contributed by atoms with van der Waals surface area (Å²) in [6.45, 7) is 1.33. The zero-order valence-electron chi connectivity index (χ0n) is 21.5. The lowest BCUT2D eigenvalue weighted by atomic mass is 10.1. The van der Waals surface area contributed by atoms with Crippen LogP contribution in [0.5, 0.6) is 34.5 Å². The predicted octanol–water partition coefficient (Wildman–Crippen LogP) is 2.83. The Morgan fingerprint density at radius 2 is 0.946 bits per heavy atom. The van der Waals surface area contributed by atoms with E-state index < -0.39 is 36.2 Å². The zero-order valence-corrected chi connectivity index (χ0v) is 21.5. The van der Waals surface area contributed by atoms with Crippen LogP contribution in [0.25, 0.3) is 0 Å². The van der Waals surface area contributed by atoms with Crippen molar-refractivity contribution in [3.63, 3.8) is 0 Å². The fourth-order valence-corrected chi connectivity index (χ4v) is 3.19. The van der Waals surface area contributed by atoms with Gasteiger partial charge in [0, 0.05) is 24.3 Å². The van der Waals surface area contributed by atoms with E-state index in [2.05, 4.69) is 0 Å². The van der Waals surface area contributed by atoms with E-state index in [1.54, 1.807) is 0 Å². The molecule has 0 bridgehead atoms. The van der Waals surface area contributed by atoms with Gasteiger partial charge < -0.3 is 37.9 Å². The fraction of sp³-hybridized carbons (Fsp3) is 0.360. The van der Waals surface area contributed by atoms with Crippen molar-refractivity contribution in [2.24, 2.45) is 5.92 Å². The van der Waals surface area contributed by atoms with Crippen LogP contribution in [0.15, 0.2) is 24.3 Å². The molecule has 0 aliphatic rings. The monoisotopic (exact) mass is 520 g/mol. The average molecular weight is 520 g/mol. The van der Waals surface area contributed by atoms with Crippen LogP contribution in [0.2, 0.25) is 0 Å². The van der Waals surface area contributed by atoms with Gasteiger partial charge in [-0.25, -0.2) is 9.59 Å². The Morgan fingerprint density at radius 1 is 0.595 bits per heavy atom. The molecule has 2 aromatic rings. The van der Waals surface area contributed by atoms with E-state index in [-0.39, 0.29) is 34.1 Å². The van der Waals surface area contributed by atoms with Crippen molar-refractivity contribution in [1.82, 2.24) is 0 Å². The van der Waals surface area contributed by atoms with Crippen LogP contribution < -0.4 is 28.4 Å². The van der Waals surface area contributed by atoms with Gasteiger partial charge in [-0.15, -0.1) is 0 Å². The van der Waals surface area contributed by atoms with Gasteiger partial charge in [0.1, 0.15) is 45.6 Å². The van der Waals surface area contributed by atoms with E-state index in [9.17, 15) is 19.2 Å². The molecule has 0 aromatic heterocycles. The molecular formula is C25H28O12. The summed E-state index contributed by atoms with van der Waals surface area (Å²) in [5.41, 5.74) is -0.300. The van der Waals surface area contributed by atoms with Crippen LogP contribution in [-0.4, -0.2) is 66.5 Å². The molecule has 2 rings (SSSR count). The average Bonchev–Trinajstić information content (AvgIpc) is 2.90. The molecule has 0 aliphatic carbocycles. The third-order valence-electron chi connectivity index (χ3n) is 5.11. The normalized spacial score (nSPS) is 11.0. The number of methoxy groups -OCH3 is 6. The summed E-state index contributed by atoms with van der Waals surface area (Å²) in [6, 6.07) is 5.66. The minimum atomic E-state index is -1.14. The summed E-state index contributed by atoms with van der Waals surface area (Å²) >= 11 is 0. The maximum atomic E-state index is 12.7. The topological polar surface area (TPSA) is 142 Å². The van der Waals surface area contributed by atoms with Crippen molar-refractivity contribution in [3.8, 4) is 34.5 Å².